The summed E-state index contributed by atoms with van der Waals surface area (Å²) in [6.07, 6.45) is 2.26. The van der Waals surface area contributed by atoms with E-state index in [4.69, 9.17) is 27.9 Å². The number of benzene rings is 2. The van der Waals surface area contributed by atoms with Crippen molar-refractivity contribution in [2.45, 2.75) is 24.8 Å². The second kappa shape index (κ2) is 6.17. The van der Waals surface area contributed by atoms with Crippen LogP contribution >= 0.6 is 23.2 Å². The topological polar surface area (TPSA) is 21.3 Å². The fraction of sp³-hybridized carbons (Fsp3) is 0.294. The summed E-state index contributed by atoms with van der Waals surface area (Å²) in [6.45, 7) is 0. The van der Waals surface area contributed by atoms with E-state index in [1.54, 1.807) is 7.11 Å². The number of ether oxygens (including phenoxy) is 1. The SMILES string of the molecule is COc1ccc(C2CC(Nc3ccc(Cl)c(Cl)c3)C2)cc1. The molecular formula is C17H17Cl2NO. The maximum Gasteiger partial charge on any atom is 0.118 e. The highest BCUT2D eigenvalue weighted by molar-refractivity contribution is 6.42. The van der Waals surface area contributed by atoms with Gasteiger partial charge in [0.1, 0.15) is 5.75 Å². The molecule has 1 fully saturated rings. The van der Waals surface area contributed by atoms with Gasteiger partial charge >= 0.3 is 0 Å². The first kappa shape index (κ1) is 14.6. The summed E-state index contributed by atoms with van der Waals surface area (Å²) in [5, 5.41) is 4.68. The van der Waals surface area contributed by atoms with E-state index in [0.717, 1.165) is 24.3 Å². The number of anilines is 1. The number of nitrogens with one attached hydrogen (secondary N) is 1. The van der Waals surface area contributed by atoms with E-state index in [2.05, 4.69) is 17.4 Å². The van der Waals surface area contributed by atoms with Gasteiger partial charge in [-0.2, -0.15) is 0 Å². The third kappa shape index (κ3) is 3.28. The van der Waals surface area contributed by atoms with Crippen molar-refractivity contribution in [3.05, 3.63) is 58.1 Å². The maximum atomic E-state index is 6.03. The van der Waals surface area contributed by atoms with E-state index in [9.17, 15) is 0 Å². The Morgan fingerprint density at radius 3 is 2.33 bits per heavy atom. The molecule has 1 aliphatic carbocycles. The molecule has 110 valence electrons. The van der Waals surface area contributed by atoms with Crippen LogP contribution in [0.15, 0.2) is 42.5 Å². The fourth-order valence-electron chi connectivity index (χ4n) is 2.71. The van der Waals surface area contributed by atoms with Crippen LogP contribution in [0.4, 0.5) is 5.69 Å². The molecule has 0 spiro atoms. The molecule has 0 saturated heterocycles. The van der Waals surface area contributed by atoms with Gasteiger partial charge in [-0.25, -0.2) is 0 Å². The van der Waals surface area contributed by atoms with Crippen LogP contribution < -0.4 is 10.1 Å². The second-order valence-corrected chi connectivity index (χ2v) is 6.23. The number of halogens is 2. The highest BCUT2D eigenvalue weighted by Crippen LogP contribution is 2.39. The lowest BCUT2D eigenvalue weighted by atomic mass is 9.76. The van der Waals surface area contributed by atoms with Crippen LogP contribution in [0.25, 0.3) is 0 Å². The van der Waals surface area contributed by atoms with Crippen LogP contribution in [0.5, 0.6) is 5.75 Å². The van der Waals surface area contributed by atoms with E-state index < -0.39 is 0 Å². The lowest BCUT2D eigenvalue weighted by Crippen LogP contribution is -2.33. The monoisotopic (exact) mass is 321 g/mol. The molecule has 0 radical (unpaired) electrons. The molecular weight excluding hydrogens is 305 g/mol. The van der Waals surface area contributed by atoms with E-state index in [-0.39, 0.29) is 0 Å². The van der Waals surface area contributed by atoms with Crippen molar-refractivity contribution >= 4 is 28.9 Å². The summed E-state index contributed by atoms with van der Waals surface area (Å²) >= 11 is 12.0. The highest BCUT2D eigenvalue weighted by atomic mass is 35.5. The molecule has 0 bridgehead atoms. The second-order valence-electron chi connectivity index (χ2n) is 5.41. The lowest BCUT2D eigenvalue weighted by Gasteiger charge is -2.37. The van der Waals surface area contributed by atoms with Gasteiger partial charge in [-0.3, -0.25) is 0 Å². The van der Waals surface area contributed by atoms with Crippen LogP contribution in [0, 0.1) is 0 Å². The Balaban J connectivity index is 1.56. The van der Waals surface area contributed by atoms with Crippen molar-refractivity contribution in [3.8, 4) is 5.75 Å². The Labute approximate surface area is 135 Å². The van der Waals surface area contributed by atoms with Crippen LogP contribution in [0.1, 0.15) is 24.3 Å². The molecule has 21 heavy (non-hydrogen) atoms. The smallest absolute Gasteiger partial charge is 0.118 e. The molecule has 2 aromatic carbocycles. The first-order valence-corrected chi connectivity index (χ1v) is 7.77. The molecule has 2 nitrogen and oxygen atoms in total. The normalized spacial score (nSPS) is 20.7. The van der Waals surface area contributed by atoms with E-state index in [1.165, 1.54) is 5.56 Å². The largest absolute Gasteiger partial charge is 0.497 e. The van der Waals surface area contributed by atoms with Crippen molar-refractivity contribution in [3.63, 3.8) is 0 Å². The Morgan fingerprint density at radius 2 is 1.71 bits per heavy atom. The fourth-order valence-corrected chi connectivity index (χ4v) is 3.00. The van der Waals surface area contributed by atoms with Crippen molar-refractivity contribution in [2.75, 3.05) is 12.4 Å². The number of hydrogen-bond donors (Lipinski definition) is 1. The molecule has 0 aliphatic heterocycles. The molecule has 1 N–H and O–H groups in total. The molecule has 4 heteroatoms. The molecule has 0 atom stereocenters. The van der Waals surface area contributed by atoms with Crippen molar-refractivity contribution < 1.29 is 4.74 Å². The van der Waals surface area contributed by atoms with Gasteiger partial charge in [-0.05, 0) is 54.7 Å². The lowest BCUT2D eigenvalue weighted by molar-refractivity contribution is 0.373. The van der Waals surface area contributed by atoms with E-state index in [0.29, 0.717) is 22.0 Å². The van der Waals surface area contributed by atoms with Gasteiger partial charge in [-0.15, -0.1) is 0 Å². The van der Waals surface area contributed by atoms with Gasteiger partial charge in [0.05, 0.1) is 17.2 Å². The molecule has 0 heterocycles. The molecule has 0 aromatic heterocycles. The molecule has 2 aromatic rings. The summed E-state index contributed by atoms with van der Waals surface area (Å²) in [5.74, 6) is 1.53. The van der Waals surface area contributed by atoms with Gasteiger partial charge in [0.15, 0.2) is 0 Å². The minimum atomic E-state index is 0.495. The van der Waals surface area contributed by atoms with Crippen LogP contribution in [0.2, 0.25) is 10.0 Å². The Kier molecular flexibility index (Phi) is 4.27. The maximum absolute atomic E-state index is 6.03. The third-order valence-electron chi connectivity index (χ3n) is 4.02. The molecule has 1 aliphatic rings. The molecule has 0 unspecified atom stereocenters. The predicted octanol–water partition coefficient (Wildman–Crippen LogP) is 5.36. The number of methoxy groups -OCH3 is 1. The van der Waals surface area contributed by atoms with Crippen molar-refractivity contribution in [2.24, 2.45) is 0 Å². The Bertz CT molecular complexity index is 621. The van der Waals surface area contributed by atoms with Crippen molar-refractivity contribution in [1.29, 1.82) is 0 Å². The van der Waals surface area contributed by atoms with Gasteiger partial charge < -0.3 is 10.1 Å². The van der Waals surface area contributed by atoms with Crippen LogP contribution in [-0.2, 0) is 0 Å². The summed E-state index contributed by atoms with van der Waals surface area (Å²) in [5.41, 5.74) is 2.41. The standard InChI is InChI=1S/C17H17Cl2NO/c1-21-15-5-2-11(3-6-15)12-8-14(9-12)20-13-4-7-16(18)17(19)10-13/h2-7,10,12,14,20H,8-9H2,1H3. The van der Waals surface area contributed by atoms with Crippen LogP contribution in [0.3, 0.4) is 0 Å². The molecule has 0 amide bonds. The van der Waals surface area contributed by atoms with Crippen LogP contribution in [-0.4, -0.2) is 13.2 Å². The number of hydrogen-bond acceptors (Lipinski definition) is 2. The zero-order chi connectivity index (χ0) is 14.8. The first-order chi connectivity index (χ1) is 10.2. The van der Waals surface area contributed by atoms with E-state index in [1.807, 2.05) is 30.3 Å². The zero-order valence-electron chi connectivity index (χ0n) is 11.8. The Morgan fingerprint density at radius 1 is 1.00 bits per heavy atom. The summed E-state index contributed by atoms with van der Waals surface area (Å²) < 4.78 is 5.19. The van der Waals surface area contributed by atoms with Crippen molar-refractivity contribution in [1.82, 2.24) is 0 Å². The molecule has 1 saturated carbocycles. The van der Waals surface area contributed by atoms with Gasteiger partial charge in [-0.1, -0.05) is 35.3 Å². The third-order valence-corrected chi connectivity index (χ3v) is 4.75. The first-order valence-electron chi connectivity index (χ1n) is 7.01. The molecule has 3 rings (SSSR count). The zero-order valence-corrected chi connectivity index (χ0v) is 13.3. The summed E-state index contributed by atoms with van der Waals surface area (Å²) in [6, 6.07) is 14.5. The Hall–Kier alpha value is -1.38. The average Bonchev–Trinajstić information content (AvgIpc) is 2.46. The average molecular weight is 322 g/mol. The van der Waals surface area contributed by atoms with Gasteiger partial charge in [0.2, 0.25) is 0 Å². The predicted molar refractivity (Wildman–Crippen MR) is 88.8 cm³/mol. The van der Waals surface area contributed by atoms with Gasteiger partial charge in [0, 0.05) is 11.7 Å². The van der Waals surface area contributed by atoms with Gasteiger partial charge in [0.25, 0.3) is 0 Å². The minimum absolute atomic E-state index is 0.495. The number of rotatable bonds is 4. The highest BCUT2D eigenvalue weighted by Gasteiger charge is 2.30. The summed E-state index contributed by atoms with van der Waals surface area (Å²) in [4.78, 5) is 0. The minimum Gasteiger partial charge on any atom is -0.497 e. The quantitative estimate of drug-likeness (QED) is 0.818. The van der Waals surface area contributed by atoms with E-state index >= 15 is 0 Å². The summed E-state index contributed by atoms with van der Waals surface area (Å²) in [7, 11) is 1.69.